The Balaban J connectivity index is 1.54. The van der Waals surface area contributed by atoms with Gasteiger partial charge in [-0.05, 0) is 73.1 Å². The number of halogens is 1. The van der Waals surface area contributed by atoms with E-state index in [0.29, 0.717) is 31.1 Å². The molecule has 0 radical (unpaired) electrons. The smallest absolute Gasteiger partial charge is 0.274 e. The molecular weight excluding hydrogens is 389 g/mol. The first-order chi connectivity index (χ1) is 15.0. The van der Waals surface area contributed by atoms with Crippen molar-refractivity contribution in [3.8, 4) is 0 Å². The molecule has 0 saturated heterocycles. The van der Waals surface area contributed by atoms with Crippen molar-refractivity contribution in [2.24, 2.45) is 0 Å². The fraction of sp³-hybridized carbons (Fsp3) is 0.308. The van der Waals surface area contributed by atoms with Crippen LogP contribution in [0.4, 0.5) is 10.1 Å². The van der Waals surface area contributed by atoms with Crippen LogP contribution in [-0.4, -0.2) is 22.3 Å². The summed E-state index contributed by atoms with van der Waals surface area (Å²) in [5.41, 5.74) is 10.9. The van der Waals surface area contributed by atoms with Gasteiger partial charge in [0.25, 0.3) is 5.91 Å². The van der Waals surface area contributed by atoms with E-state index in [0.717, 1.165) is 16.8 Å². The Bertz CT molecular complexity index is 1040. The Morgan fingerprint density at radius 2 is 1.71 bits per heavy atom. The maximum absolute atomic E-state index is 13.4. The minimum Gasteiger partial charge on any atom is -0.397 e. The van der Waals surface area contributed by atoms with Crippen molar-refractivity contribution >= 4 is 11.6 Å². The lowest BCUT2D eigenvalue weighted by molar-refractivity contribution is 0.0740. The molecule has 5 heteroatoms. The summed E-state index contributed by atoms with van der Waals surface area (Å²) in [6.45, 7) is 2.81. The predicted octanol–water partition coefficient (Wildman–Crippen LogP) is 5.26. The summed E-state index contributed by atoms with van der Waals surface area (Å²) < 4.78 is 13.2. The SMILES string of the molecule is Cc1ccc(N)c(C(=O)N(CCc2ccc(F)cc2)Cc2ccc(C3CCC3)cc2)n1. The number of nitrogens with zero attached hydrogens (tertiary/aromatic N) is 2. The van der Waals surface area contributed by atoms with Crippen LogP contribution < -0.4 is 5.73 Å². The summed E-state index contributed by atoms with van der Waals surface area (Å²) in [6.07, 6.45) is 4.46. The number of hydrogen-bond donors (Lipinski definition) is 1. The van der Waals surface area contributed by atoms with E-state index in [1.165, 1.54) is 37.0 Å². The fourth-order valence-corrected chi connectivity index (χ4v) is 3.91. The number of anilines is 1. The molecule has 160 valence electrons. The number of pyridine rings is 1. The van der Waals surface area contributed by atoms with Crippen LogP contribution in [-0.2, 0) is 13.0 Å². The van der Waals surface area contributed by atoms with E-state index in [1.54, 1.807) is 29.2 Å². The predicted molar refractivity (Wildman–Crippen MR) is 121 cm³/mol. The highest BCUT2D eigenvalue weighted by atomic mass is 19.1. The average Bonchev–Trinajstić information content (AvgIpc) is 2.73. The standard InChI is InChI=1S/C26H28FN3O/c1-18-5-14-24(28)25(29-18)26(31)30(16-15-19-8-12-23(27)13-9-19)17-20-6-10-22(11-7-20)21-3-2-4-21/h5-14,21H,2-4,15-17,28H2,1H3. The molecule has 1 aromatic heterocycles. The van der Waals surface area contributed by atoms with E-state index in [9.17, 15) is 9.18 Å². The number of nitrogen functional groups attached to an aromatic ring is 1. The molecule has 0 bridgehead atoms. The van der Waals surface area contributed by atoms with Gasteiger partial charge in [-0.3, -0.25) is 4.79 Å². The zero-order chi connectivity index (χ0) is 21.8. The Morgan fingerprint density at radius 3 is 2.35 bits per heavy atom. The zero-order valence-corrected chi connectivity index (χ0v) is 17.9. The van der Waals surface area contributed by atoms with Gasteiger partial charge in [-0.15, -0.1) is 0 Å². The molecule has 4 rings (SSSR count). The number of aryl methyl sites for hydroxylation is 1. The number of benzene rings is 2. The Labute approximate surface area is 182 Å². The molecule has 1 heterocycles. The van der Waals surface area contributed by atoms with E-state index in [-0.39, 0.29) is 17.4 Å². The molecule has 1 aliphatic carbocycles. The summed E-state index contributed by atoms with van der Waals surface area (Å²) in [5.74, 6) is 0.230. The van der Waals surface area contributed by atoms with E-state index in [1.807, 2.05) is 6.92 Å². The van der Waals surface area contributed by atoms with Crippen LogP contribution in [0.25, 0.3) is 0 Å². The number of carbonyl (C=O) groups excluding carboxylic acids is 1. The summed E-state index contributed by atoms with van der Waals surface area (Å²) in [5, 5.41) is 0. The van der Waals surface area contributed by atoms with E-state index >= 15 is 0 Å². The van der Waals surface area contributed by atoms with Crippen molar-refractivity contribution in [3.63, 3.8) is 0 Å². The van der Waals surface area contributed by atoms with Gasteiger partial charge >= 0.3 is 0 Å². The minimum atomic E-state index is -0.264. The van der Waals surface area contributed by atoms with Crippen LogP contribution in [0.3, 0.4) is 0 Å². The lowest BCUT2D eigenvalue weighted by Gasteiger charge is -2.26. The van der Waals surface area contributed by atoms with E-state index in [2.05, 4.69) is 29.2 Å². The highest BCUT2D eigenvalue weighted by Gasteiger charge is 2.22. The summed E-state index contributed by atoms with van der Waals surface area (Å²) in [6, 6.07) is 18.5. The highest BCUT2D eigenvalue weighted by molar-refractivity contribution is 5.97. The topological polar surface area (TPSA) is 59.2 Å². The molecule has 2 N–H and O–H groups in total. The van der Waals surface area contributed by atoms with Crippen LogP contribution >= 0.6 is 0 Å². The van der Waals surface area contributed by atoms with E-state index in [4.69, 9.17) is 5.73 Å². The molecule has 1 saturated carbocycles. The van der Waals surface area contributed by atoms with Crippen LogP contribution in [0.15, 0.2) is 60.7 Å². The van der Waals surface area contributed by atoms with Crippen molar-refractivity contribution in [3.05, 3.63) is 94.6 Å². The van der Waals surface area contributed by atoms with Crippen LogP contribution in [0.1, 0.15) is 58.1 Å². The lowest BCUT2D eigenvalue weighted by atomic mass is 9.80. The molecule has 4 nitrogen and oxygen atoms in total. The molecule has 0 atom stereocenters. The van der Waals surface area contributed by atoms with Gasteiger partial charge in [0.2, 0.25) is 0 Å². The third-order valence-corrected chi connectivity index (χ3v) is 6.07. The van der Waals surface area contributed by atoms with Crippen LogP contribution in [0.2, 0.25) is 0 Å². The van der Waals surface area contributed by atoms with Crippen LogP contribution in [0.5, 0.6) is 0 Å². The second kappa shape index (κ2) is 9.29. The number of hydrogen-bond acceptors (Lipinski definition) is 3. The summed E-state index contributed by atoms with van der Waals surface area (Å²) >= 11 is 0. The van der Waals surface area contributed by atoms with Crippen molar-refractivity contribution in [1.29, 1.82) is 0 Å². The Kier molecular flexibility index (Phi) is 6.31. The number of carbonyl (C=O) groups is 1. The summed E-state index contributed by atoms with van der Waals surface area (Å²) in [7, 11) is 0. The lowest BCUT2D eigenvalue weighted by Crippen LogP contribution is -2.33. The molecular formula is C26H28FN3O. The van der Waals surface area contributed by atoms with Crippen LogP contribution in [0, 0.1) is 12.7 Å². The van der Waals surface area contributed by atoms with Gasteiger partial charge in [0.05, 0.1) is 5.69 Å². The average molecular weight is 418 g/mol. The molecule has 0 spiro atoms. The molecule has 3 aromatic rings. The first-order valence-corrected chi connectivity index (χ1v) is 10.9. The normalized spacial score (nSPS) is 13.6. The van der Waals surface area contributed by atoms with E-state index < -0.39 is 0 Å². The number of amides is 1. The quantitative estimate of drug-likeness (QED) is 0.570. The van der Waals surface area contributed by atoms with Gasteiger partial charge < -0.3 is 10.6 Å². The molecule has 1 amide bonds. The molecule has 0 unspecified atom stereocenters. The van der Waals surface area contributed by atoms with Crippen molar-refractivity contribution in [2.45, 2.75) is 45.1 Å². The maximum atomic E-state index is 13.4. The second-order valence-corrected chi connectivity index (χ2v) is 8.36. The molecule has 1 fully saturated rings. The summed E-state index contributed by atoms with van der Waals surface area (Å²) in [4.78, 5) is 19.5. The van der Waals surface area contributed by atoms with Crippen molar-refractivity contribution in [2.75, 3.05) is 12.3 Å². The first-order valence-electron chi connectivity index (χ1n) is 10.9. The molecule has 0 aliphatic heterocycles. The monoisotopic (exact) mass is 417 g/mol. The molecule has 1 aliphatic rings. The van der Waals surface area contributed by atoms with Gasteiger partial charge in [-0.1, -0.05) is 42.8 Å². The van der Waals surface area contributed by atoms with Crippen molar-refractivity contribution < 1.29 is 9.18 Å². The van der Waals surface area contributed by atoms with Crippen molar-refractivity contribution in [1.82, 2.24) is 9.88 Å². The first kappa shape index (κ1) is 21.0. The maximum Gasteiger partial charge on any atom is 0.274 e. The third-order valence-electron chi connectivity index (χ3n) is 6.07. The molecule has 2 aromatic carbocycles. The van der Waals surface area contributed by atoms with Gasteiger partial charge in [0, 0.05) is 18.8 Å². The minimum absolute atomic E-state index is 0.189. The fourth-order valence-electron chi connectivity index (χ4n) is 3.91. The number of aromatic nitrogens is 1. The number of nitrogens with two attached hydrogens (primary N) is 1. The van der Waals surface area contributed by atoms with Gasteiger partial charge in [-0.2, -0.15) is 0 Å². The highest BCUT2D eigenvalue weighted by Crippen LogP contribution is 2.36. The Morgan fingerprint density at radius 1 is 1.03 bits per heavy atom. The largest absolute Gasteiger partial charge is 0.397 e. The number of rotatable bonds is 7. The van der Waals surface area contributed by atoms with Gasteiger partial charge in [0.15, 0.2) is 5.69 Å². The molecule has 31 heavy (non-hydrogen) atoms. The third kappa shape index (κ3) is 5.10. The second-order valence-electron chi connectivity index (χ2n) is 8.36. The Hall–Kier alpha value is -3.21. The zero-order valence-electron chi connectivity index (χ0n) is 17.9. The van der Waals surface area contributed by atoms with Gasteiger partial charge in [-0.25, -0.2) is 9.37 Å². The van der Waals surface area contributed by atoms with Gasteiger partial charge in [0.1, 0.15) is 5.82 Å².